The lowest BCUT2D eigenvalue weighted by Gasteiger charge is -2.33. The molecule has 0 aliphatic carbocycles. The Bertz CT molecular complexity index is 446. The van der Waals surface area contributed by atoms with E-state index in [2.05, 4.69) is 12.2 Å². The van der Waals surface area contributed by atoms with E-state index in [1.807, 2.05) is 0 Å². The van der Waals surface area contributed by atoms with Crippen molar-refractivity contribution in [2.75, 3.05) is 32.7 Å². The zero-order chi connectivity index (χ0) is 15.3. The Morgan fingerprint density at radius 1 is 1.14 bits per heavy atom. The molecule has 0 aromatic rings. The maximum atomic E-state index is 12.5. The number of amides is 1. The number of nitrogens with zero attached hydrogens (tertiary/aromatic N) is 2. The summed E-state index contributed by atoms with van der Waals surface area (Å²) >= 11 is 0. The second-order valence-electron chi connectivity index (χ2n) is 5.96. The number of carbonyl (C=O) groups is 1. The van der Waals surface area contributed by atoms with Gasteiger partial charge >= 0.3 is 0 Å². The average Bonchev–Trinajstić information content (AvgIpc) is 3.02. The van der Waals surface area contributed by atoms with E-state index in [1.165, 1.54) is 4.31 Å². The summed E-state index contributed by atoms with van der Waals surface area (Å²) in [5.74, 6) is -0.197. The number of carbonyl (C=O) groups excluding carboxylic acids is 1. The van der Waals surface area contributed by atoms with Crippen molar-refractivity contribution in [1.82, 2.24) is 13.9 Å². The standard InChI is InChI=1S/C14H27N3O3S/c1-2-3-8-15-14(18)13-7-6-11-17(12-13)21(19,20)16-9-4-5-10-16/h13H,2-12H2,1H3,(H,15,18). The Hall–Kier alpha value is -0.660. The van der Waals surface area contributed by atoms with Crippen LogP contribution < -0.4 is 5.32 Å². The topological polar surface area (TPSA) is 69.7 Å². The molecular formula is C14H27N3O3S. The minimum Gasteiger partial charge on any atom is -0.356 e. The zero-order valence-corrected chi connectivity index (χ0v) is 13.7. The third-order valence-corrected chi connectivity index (χ3v) is 6.30. The fourth-order valence-electron chi connectivity index (χ4n) is 2.98. The predicted molar refractivity (Wildman–Crippen MR) is 81.9 cm³/mol. The fourth-order valence-corrected chi connectivity index (χ4v) is 4.76. The number of hydrogen-bond donors (Lipinski definition) is 1. The molecule has 2 aliphatic rings. The Balaban J connectivity index is 1.92. The van der Waals surface area contributed by atoms with E-state index in [4.69, 9.17) is 0 Å². The van der Waals surface area contributed by atoms with Crippen molar-refractivity contribution in [2.45, 2.75) is 45.4 Å². The molecule has 1 N–H and O–H groups in total. The van der Waals surface area contributed by atoms with Crippen LogP contribution in [0.25, 0.3) is 0 Å². The SMILES string of the molecule is CCCCNC(=O)C1CCCN(S(=O)(=O)N2CCCC2)C1. The molecule has 2 heterocycles. The van der Waals surface area contributed by atoms with Gasteiger partial charge in [-0.2, -0.15) is 17.0 Å². The molecule has 0 radical (unpaired) electrons. The van der Waals surface area contributed by atoms with E-state index in [9.17, 15) is 13.2 Å². The molecule has 0 spiro atoms. The van der Waals surface area contributed by atoms with Gasteiger partial charge in [-0.3, -0.25) is 4.79 Å². The third kappa shape index (κ3) is 4.17. The van der Waals surface area contributed by atoms with Gasteiger partial charge in [-0.15, -0.1) is 0 Å². The van der Waals surface area contributed by atoms with Crippen LogP contribution in [-0.4, -0.2) is 55.7 Å². The molecule has 1 amide bonds. The average molecular weight is 317 g/mol. The summed E-state index contributed by atoms with van der Waals surface area (Å²) in [5, 5.41) is 2.92. The van der Waals surface area contributed by atoms with Gasteiger partial charge in [0.05, 0.1) is 5.92 Å². The quantitative estimate of drug-likeness (QED) is 0.742. The van der Waals surface area contributed by atoms with Crippen molar-refractivity contribution in [3.05, 3.63) is 0 Å². The van der Waals surface area contributed by atoms with Gasteiger partial charge in [0.2, 0.25) is 5.91 Å². The summed E-state index contributed by atoms with van der Waals surface area (Å²) in [6, 6.07) is 0. The first-order valence-corrected chi connectivity index (χ1v) is 9.48. The molecule has 2 saturated heterocycles. The smallest absolute Gasteiger partial charge is 0.281 e. The maximum Gasteiger partial charge on any atom is 0.281 e. The first-order valence-electron chi connectivity index (χ1n) is 8.08. The van der Waals surface area contributed by atoms with Crippen molar-refractivity contribution < 1.29 is 13.2 Å². The lowest BCUT2D eigenvalue weighted by molar-refractivity contribution is -0.126. The number of hydrogen-bond acceptors (Lipinski definition) is 3. The highest BCUT2D eigenvalue weighted by atomic mass is 32.2. The first-order chi connectivity index (χ1) is 10.1. The summed E-state index contributed by atoms with van der Waals surface area (Å²) < 4.78 is 28.1. The number of unbranched alkanes of at least 4 members (excludes halogenated alkanes) is 1. The van der Waals surface area contributed by atoms with Crippen LogP contribution in [0, 0.1) is 5.92 Å². The molecule has 6 nitrogen and oxygen atoms in total. The van der Waals surface area contributed by atoms with E-state index < -0.39 is 10.2 Å². The summed E-state index contributed by atoms with van der Waals surface area (Å²) in [6.07, 6.45) is 5.43. The summed E-state index contributed by atoms with van der Waals surface area (Å²) in [6.45, 7) is 4.87. The fraction of sp³-hybridized carbons (Fsp3) is 0.929. The van der Waals surface area contributed by atoms with E-state index in [0.717, 1.165) is 38.5 Å². The summed E-state index contributed by atoms with van der Waals surface area (Å²) in [5.41, 5.74) is 0. The van der Waals surface area contributed by atoms with Gasteiger partial charge in [0.15, 0.2) is 0 Å². The van der Waals surface area contributed by atoms with Gasteiger partial charge < -0.3 is 5.32 Å². The molecule has 122 valence electrons. The van der Waals surface area contributed by atoms with Crippen molar-refractivity contribution >= 4 is 16.1 Å². The van der Waals surface area contributed by atoms with Gasteiger partial charge in [0.25, 0.3) is 10.2 Å². The van der Waals surface area contributed by atoms with Crippen molar-refractivity contribution in [2.24, 2.45) is 5.92 Å². The van der Waals surface area contributed by atoms with Crippen LogP contribution in [0.2, 0.25) is 0 Å². The Morgan fingerprint density at radius 3 is 2.48 bits per heavy atom. The molecule has 2 fully saturated rings. The van der Waals surface area contributed by atoms with Crippen LogP contribution in [0.4, 0.5) is 0 Å². The summed E-state index contributed by atoms with van der Waals surface area (Å²) in [7, 11) is -3.37. The normalized spacial score (nSPS) is 25.1. The highest BCUT2D eigenvalue weighted by molar-refractivity contribution is 7.86. The van der Waals surface area contributed by atoms with E-state index in [-0.39, 0.29) is 11.8 Å². The van der Waals surface area contributed by atoms with Crippen LogP contribution in [0.1, 0.15) is 45.4 Å². The van der Waals surface area contributed by atoms with Crippen LogP contribution in [0.5, 0.6) is 0 Å². The second kappa shape index (κ2) is 7.56. The van der Waals surface area contributed by atoms with Gasteiger partial charge in [0, 0.05) is 32.7 Å². The molecule has 0 aromatic carbocycles. The molecule has 1 unspecified atom stereocenters. The molecule has 21 heavy (non-hydrogen) atoms. The number of piperidine rings is 1. The van der Waals surface area contributed by atoms with Crippen molar-refractivity contribution in [3.8, 4) is 0 Å². The third-order valence-electron chi connectivity index (χ3n) is 4.30. The van der Waals surface area contributed by atoms with Crippen LogP contribution >= 0.6 is 0 Å². The predicted octanol–water partition coefficient (Wildman–Crippen LogP) is 0.955. The van der Waals surface area contributed by atoms with Gasteiger partial charge in [-0.05, 0) is 32.1 Å². The minimum absolute atomic E-state index is 0.00442. The van der Waals surface area contributed by atoms with E-state index in [0.29, 0.717) is 32.7 Å². The highest BCUT2D eigenvalue weighted by Crippen LogP contribution is 2.23. The molecule has 2 rings (SSSR count). The molecular weight excluding hydrogens is 290 g/mol. The molecule has 2 aliphatic heterocycles. The van der Waals surface area contributed by atoms with Gasteiger partial charge in [-0.1, -0.05) is 13.3 Å². The Morgan fingerprint density at radius 2 is 1.81 bits per heavy atom. The van der Waals surface area contributed by atoms with Gasteiger partial charge in [-0.25, -0.2) is 0 Å². The lowest BCUT2D eigenvalue weighted by Crippen LogP contribution is -2.50. The summed E-state index contributed by atoms with van der Waals surface area (Å²) in [4.78, 5) is 12.1. The largest absolute Gasteiger partial charge is 0.356 e. The molecule has 0 aromatic heterocycles. The molecule has 7 heteroatoms. The number of nitrogens with one attached hydrogen (secondary N) is 1. The second-order valence-corrected chi connectivity index (χ2v) is 7.88. The highest BCUT2D eigenvalue weighted by Gasteiger charge is 2.36. The number of rotatable bonds is 6. The van der Waals surface area contributed by atoms with Crippen molar-refractivity contribution in [3.63, 3.8) is 0 Å². The van der Waals surface area contributed by atoms with Crippen LogP contribution in [0.15, 0.2) is 0 Å². The minimum atomic E-state index is -3.37. The molecule has 1 atom stereocenters. The van der Waals surface area contributed by atoms with E-state index >= 15 is 0 Å². The van der Waals surface area contributed by atoms with Gasteiger partial charge in [0.1, 0.15) is 0 Å². The Labute approximate surface area is 128 Å². The first kappa shape index (κ1) is 16.7. The van der Waals surface area contributed by atoms with Crippen molar-refractivity contribution in [1.29, 1.82) is 0 Å². The van der Waals surface area contributed by atoms with Crippen LogP contribution in [-0.2, 0) is 15.0 Å². The van der Waals surface area contributed by atoms with Crippen LogP contribution in [0.3, 0.4) is 0 Å². The Kier molecular flexibility index (Phi) is 6.01. The molecule has 0 saturated carbocycles. The van der Waals surface area contributed by atoms with E-state index in [1.54, 1.807) is 4.31 Å². The lowest BCUT2D eigenvalue weighted by atomic mass is 9.99. The zero-order valence-electron chi connectivity index (χ0n) is 12.9. The maximum absolute atomic E-state index is 12.5. The molecule has 0 bridgehead atoms. The monoisotopic (exact) mass is 317 g/mol.